The van der Waals surface area contributed by atoms with Crippen LogP contribution in [0.2, 0.25) is 0 Å². The quantitative estimate of drug-likeness (QED) is 0.195. The molecule has 0 amide bonds. The van der Waals surface area contributed by atoms with Gasteiger partial charge in [0, 0.05) is 39.7 Å². The number of hydrogen-bond donors (Lipinski definition) is 2. The molecule has 3 nitrogen and oxygen atoms in total. The summed E-state index contributed by atoms with van der Waals surface area (Å²) in [6, 6.07) is 29.3. The van der Waals surface area contributed by atoms with Gasteiger partial charge in [0.25, 0.3) is 0 Å². The lowest BCUT2D eigenvalue weighted by Crippen LogP contribution is -2.01. The van der Waals surface area contributed by atoms with E-state index in [9.17, 15) is 13.2 Å². The van der Waals surface area contributed by atoms with Crippen LogP contribution in [-0.4, -0.2) is 4.57 Å². The number of nitrogen functional groups attached to an aromatic ring is 2. The van der Waals surface area contributed by atoms with Gasteiger partial charge in [0.2, 0.25) is 0 Å². The van der Waals surface area contributed by atoms with Crippen LogP contribution in [0.3, 0.4) is 0 Å². The van der Waals surface area contributed by atoms with Crippen LogP contribution in [0.1, 0.15) is 5.56 Å². The molecule has 0 bridgehead atoms. The molecule has 182 valence electrons. The molecule has 5 aromatic carbocycles. The molecule has 0 unspecified atom stereocenters. The predicted molar refractivity (Wildman–Crippen MR) is 145 cm³/mol. The summed E-state index contributed by atoms with van der Waals surface area (Å²) in [7, 11) is 0. The average molecular weight is 494 g/mol. The highest BCUT2D eigenvalue weighted by molar-refractivity contribution is 6.10. The van der Waals surface area contributed by atoms with Crippen molar-refractivity contribution in [3.8, 4) is 22.3 Å². The third-order valence-electron chi connectivity index (χ3n) is 6.77. The van der Waals surface area contributed by atoms with Gasteiger partial charge >= 0.3 is 0 Å². The smallest absolute Gasteiger partial charge is 0.194 e. The van der Waals surface area contributed by atoms with Crippen molar-refractivity contribution < 1.29 is 13.2 Å². The summed E-state index contributed by atoms with van der Waals surface area (Å²) in [6.45, 7) is 0.611. The van der Waals surface area contributed by atoms with Gasteiger partial charge in [-0.2, -0.15) is 0 Å². The predicted octanol–water partition coefficient (Wildman–Crippen LogP) is 7.76. The van der Waals surface area contributed by atoms with Crippen LogP contribution in [0.15, 0.2) is 97.1 Å². The van der Waals surface area contributed by atoms with E-state index in [1.165, 1.54) is 0 Å². The number of halogens is 3. The third kappa shape index (κ3) is 3.96. The molecule has 4 N–H and O–H groups in total. The lowest BCUT2D eigenvalue weighted by Gasteiger charge is -2.14. The van der Waals surface area contributed by atoms with Gasteiger partial charge in [0.15, 0.2) is 17.5 Å². The van der Waals surface area contributed by atoms with Crippen LogP contribution in [0, 0.1) is 17.5 Å². The van der Waals surface area contributed by atoms with Gasteiger partial charge in [0.1, 0.15) is 0 Å². The molecule has 0 aliphatic carbocycles. The molecule has 0 aliphatic rings. The molecule has 0 saturated carbocycles. The van der Waals surface area contributed by atoms with Crippen LogP contribution in [0.4, 0.5) is 24.5 Å². The standard InChI is InChI=1S/C31H22F3N3/c32-27-13-21(14-28(33)31(27)34)18-5-7-19(8-6-18)24-4-2-1-3-20(24)17-37-29-11-9-22(35)15-25(29)26-16-23(36)10-12-30(26)37/h1-16H,17,35-36H2. The Hall–Kier alpha value is -4.71. The van der Waals surface area contributed by atoms with Gasteiger partial charge in [-0.1, -0.05) is 48.5 Å². The van der Waals surface area contributed by atoms with E-state index in [1.54, 1.807) is 12.1 Å². The Morgan fingerprint density at radius 3 is 1.70 bits per heavy atom. The normalized spacial score (nSPS) is 11.4. The number of aromatic nitrogens is 1. The fraction of sp³-hybridized carbons (Fsp3) is 0.0323. The van der Waals surface area contributed by atoms with Crippen LogP contribution < -0.4 is 11.5 Å². The molecule has 1 aromatic heterocycles. The highest BCUT2D eigenvalue weighted by Crippen LogP contribution is 2.34. The average Bonchev–Trinajstić information content (AvgIpc) is 3.19. The minimum absolute atomic E-state index is 0.278. The summed E-state index contributed by atoms with van der Waals surface area (Å²) in [5.74, 6) is -3.89. The van der Waals surface area contributed by atoms with Crippen molar-refractivity contribution in [2.24, 2.45) is 0 Å². The monoisotopic (exact) mass is 493 g/mol. The highest BCUT2D eigenvalue weighted by atomic mass is 19.2. The second-order valence-corrected chi connectivity index (χ2v) is 9.13. The fourth-order valence-electron chi connectivity index (χ4n) is 4.98. The van der Waals surface area contributed by atoms with E-state index in [4.69, 9.17) is 11.5 Å². The summed E-state index contributed by atoms with van der Waals surface area (Å²) < 4.78 is 43.1. The van der Waals surface area contributed by atoms with Gasteiger partial charge in [-0.15, -0.1) is 0 Å². The number of fused-ring (bicyclic) bond motifs is 3. The number of nitrogens with zero attached hydrogens (tertiary/aromatic N) is 1. The molecule has 1 heterocycles. The molecule has 0 spiro atoms. The zero-order chi connectivity index (χ0) is 25.7. The first-order valence-corrected chi connectivity index (χ1v) is 11.8. The van der Waals surface area contributed by atoms with Crippen LogP contribution in [-0.2, 0) is 6.54 Å². The largest absolute Gasteiger partial charge is 0.399 e. The van der Waals surface area contributed by atoms with Crippen LogP contribution in [0.25, 0.3) is 44.1 Å². The summed E-state index contributed by atoms with van der Waals surface area (Å²) >= 11 is 0. The molecule has 6 rings (SSSR count). The van der Waals surface area contributed by atoms with Crippen molar-refractivity contribution in [3.05, 3.63) is 120 Å². The molecule has 0 fully saturated rings. The molecule has 6 heteroatoms. The van der Waals surface area contributed by atoms with E-state index >= 15 is 0 Å². The maximum absolute atomic E-state index is 13.7. The summed E-state index contributed by atoms with van der Waals surface area (Å²) in [5, 5.41) is 2.09. The van der Waals surface area contributed by atoms with Crippen LogP contribution in [0.5, 0.6) is 0 Å². The van der Waals surface area contributed by atoms with Crippen molar-refractivity contribution in [1.29, 1.82) is 0 Å². The Balaban J connectivity index is 1.42. The Morgan fingerprint density at radius 1 is 0.568 bits per heavy atom. The third-order valence-corrected chi connectivity index (χ3v) is 6.77. The van der Waals surface area contributed by atoms with Gasteiger partial charge in [-0.3, -0.25) is 0 Å². The summed E-state index contributed by atoms with van der Waals surface area (Å²) in [5.41, 5.74) is 19.6. The highest BCUT2D eigenvalue weighted by Gasteiger charge is 2.15. The van der Waals surface area contributed by atoms with E-state index in [-0.39, 0.29) is 5.56 Å². The number of nitrogens with two attached hydrogens (primary N) is 2. The Morgan fingerprint density at radius 2 is 1.11 bits per heavy atom. The van der Waals surface area contributed by atoms with Gasteiger partial charge in [-0.25, -0.2) is 13.2 Å². The van der Waals surface area contributed by atoms with Crippen LogP contribution >= 0.6 is 0 Å². The number of rotatable bonds is 4. The maximum atomic E-state index is 13.7. The molecular formula is C31H22F3N3. The Labute approximate surface area is 211 Å². The van der Waals surface area contributed by atoms with Crippen molar-refractivity contribution in [2.45, 2.75) is 6.54 Å². The number of anilines is 2. The lowest BCUT2D eigenvalue weighted by atomic mass is 9.96. The van der Waals surface area contributed by atoms with E-state index in [1.807, 2.05) is 66.7 Å². The second-order valence-electron chi connectivity index (χ2n) is 9.13. The van der Waals surface area contributed by atoms with E-state index in [2.05, 4.69) is 10.6 Å². The Bertz CT molecular complexity index is 1720. The molecular weight excluding hydrogens is 471 g/mol. The molecule has 6 aromatic rings. The first-order valence-electron chi connectivity index (χ1n) is 11.8. The SMILES string of the molecule is Nc1ccc2c(c1)c1cc(N)ccc1n2Cc1ccccc1-c1ccc(-c2cc(F)c(F)c(F)c2)cc1. The second kappa shape index (κ2) is 8.75. The minimum atomic E-state index is -1.47. The summed E-state index contributed by atoms with van der Waals surface area (Å²) in [4.78, 5) is 0. The minimum Gasteiger partial charge on any atom is -0.399 e. The molecule has 0 saturated heterocycles. The van der Waals surface area contributed by atoms with E-state index in [0.717, 1.165) is 50.6 Å². The number of hydrogen-bond acceptors (Lipinski definition) is 2. The first kappa shape index (κ1) is 22.7. The molecule has 37 heavy (non-hydrogen) atoms. The number of benzene rings is 5. The topological polar surface area (TPSA) is 57.0 Å². The maximum Gasteiger partial charge on any atom is 0.194 e. The lowest BCUT2D eigenvalue weighted by molar-refractivity contribution is 0.448. The first-order chi connectivity index (χ1) is 17.9. The van der Waals surface area contributed by atoms with Crippen molar-refractivity contribution in [3.63, 3.8) is 0 Å². The summed E-state index contributed by atoms with van der Waals surface area (Å²) in [6.07, 6.45) is 0. The Kier molecular flexibility index (Phi) is 5.37. The zero-order valence-corrected chi connectivity index (χ0v) is 19.7. The molecule has 0 atom stereocenters. The van der Waals surface area contributed by atoms with E-state index in [0.29, 0.717) is 23.5 Å². The van der Waals surface area contributed by atoms with E-state index < -0.39 is 17.5 Å². The zero-order valence-electron chi connectivity index (χ0n) is 19.7. The fourth-order valence-corrected chi connectivity index (χ4v) is 4.98. The molecule has 0 aliphatic heterocycles. The molecule has 0 radical (unpaired) electrons. The van der Waals surface area contributed by atoms with Crippen molar-refractivity contribution in [1.82, 2.24) is 4.57 Å². The van der Waals surface area contributed by atoms with Crippen molar-refractivity contribution >= 4 is 33.2 Å². The van der Waals surface area contributed by atoms with Gasteiger partial charge < -0.3 is 16.0 Å². The van der Waals surface area contributed by atoms with Gasteiger partial charge in [-0.05, 0) is 76.3 Å². The van der Waals surface area contributed by atoms with Gasteiger partial charge in [0.05, 0.1) is 0 Å². The van der Waals surface area contributed by atoms with Crippen molar-refractivity contribution in [2.75, 3.05) is 11.5 Å².